The van der Waals surface area contributed by atoms with Crippen molar-refractivity contribution in [2.75, 3.05) is 0 Å². The standard InChI is InChI=1S/C9H14O3/c1-7(8(10)11)5-4-6-9(2,3)12/h4-6,12H,1-3H3,(H,10,11). The fraction of sp³-hybridized carbons (Fsp3) is 0.444. The lowest BCUT2D eigenvalue weighted by atomic mass is 10.1. The van der Waals surface area contributed by atoms with Crippen molar-refractivity contribution in [3.8, 4) is 0 Å². The van der Waals surface area contributed by atoms with Gasteiger partial charge in [-0.2, -0.15) is 0 Å². The number of aliphatic hydroxyl groups is 1. The van der Waals surface area contributed by atoms with Gasteiger partial charge in [0.15, 0.2) is 0 Å². The zero-order valence-corrected chi connectivity index (χ0v) is 7.53. The molecule has 0 heterocycles. The molecule has 68 valence electrons. The Morgan fingerprint density at radius 2 is 1.92 bits per heavy atom. The Morgan fingerprint density at radius 1 is 1.42 bits per heavy atom. The van der Waals surface area contributed by atoms with E-state index < -0.39 is 11.6 Å². The normalized spacial score (nSPS) is 13.8. The minimum absolute atomic E-state index is 0.246. The van der Waals surface area contributed by atoms with Crippen molar-refractivity contribution in [2.45, 2.75) is 26.4 Å². The first-order chi connectivity index (χ1) is 5.33. The number of carboxylic acids is 1. The molecule has 0 aliphatic heterocycles. The molecule has 0 aromatic carbocycles. The maximum absolute atomic E-state index is 10.3. The van der Waals surface area contributed by atoms with Crippen LogP contribution in [-0.2, 0) is 4.79 Å². The third-order valence-electron chi connectivity index (χ3n) is 1.19. The van der Waals surface area contributed by atoms with Crippen LogP contribution < -0.4 is 0 Å². The summed E-state index contributed by atoms with van der Waals surface area (Å²) in [6.07, 6.45) is 4.50. The molecule has 0 rings (SSSR count). The summed E-state index contributed by atoms with van der Waals surface area (Å²) < 4.78 is 0. The van der Waals surface area contributed by atoms with Crippen molar-refractivity contribution in [1.29, 1.82) is 0 Å². The van der Waals surface area contributed by atoms with E-state index in [0.29, 0.717) is 0 Å². The Bertz CT molecular complexity index is 218. The van der Waals surface area contributed by atoms with E-state index in [4.69, 9.17) is 5.11 Å². The highest BCUT2D eigenvalue weighted by atomic mass is 16.4. The summed E-state index contributed by atoms with van der Waals surface area (Å²) in [6, 6.07) is 0. The SMILES string of the molecule is CC(=CC=CC(C)(C)O)C(=O)O. The van der Waals surface area contributed by atoms with Gasteiger partial charge in [0.25, 0.3) is 0 Å². The van der Waals surface area contributed by atoms with Gasteiger partial charge in [0.05, 0.1) is 5.60 Å². The summed E-state index contributed by atoms with van der Waals surface area (Å²) in [6.45, 7) is 4.73. The predicted octanol–water partition coefficient (Wildman–Crippen LogP) is 1.34. The van der Waals surface area contributed by atoms with Crippen molar-refractivity contribution in [3.05, 3.63) is 23.8 Å². The second kappa shape index (κ2) is 4.07. The summed E-state index contributed by atoms with van der Waals surface area (Å²) >= 11 is 0. The van der Waals surface area contributed by atoms with Crippen LogP contribution >= 0.6 is 0 Å². The number of carbonyl (C=O) groups is 1. The van der Waals surface area contributed by atoms with E-state index in [9.17, 15) is 9.90 Å². The largest absolute Gasteiger partial charge is 0.478 e. The maximum Gasteiger partial charge on any atom is 0.331 e. The molecule has 0 bridgehead atoms. The summed E-state index contributed by atoms with van der Waals surface area (Å²) in [7, 11) is 0. The number of allylic oxidation sites excluding steroid dienone is 2. The van der Waals surface area contributed by atoms with Crippen LogP contribution in [0, 0.1) is 0 Å². The maximum atomic E-state index is 10.3. The van der Waals surface area contributed by atoms with Crippen molar-refractivity contribution >= 4 is 5.97 Å². The average molecular weight is 170 g/mol. The zero-order chi connectivity index (χ0) is 9.78. The van der Waals surface area contributed by atoms with Gasteiger partial charge in [0.2, 0.25) is 0 Å². The highest BCUT2D eigenvalue weighted by Crippen LogP contribution is 2.03. The van der Waals surface area contributed by atoms with Crippen LogP contribution in [0.2, 0.25) is 0 Å². The van der Waals surface area contributed by atoms with Crippen molar-refractivity contribution in [3.63, 3.8) is 0 Å². The Hall–Kier alpha value is -1.09. The summed E-state index contributed by atoms with van der Waals surface area (Å²) in [4.78, 5) is 10.3. The van der Waals surface area contributed by atoms with Gasteiger partial charge in [0.1, 0.15) is 0 Å². The Labute approximate surface area is 72.0 Å². The predicted molar refractivity (Wildman–Crippen MR) is 46.8 cm³/mol. The van der Waals surface area contributed by atoms with Gasteiger partial charge in [-0.05, 0) is 20.8 Å². The summed E-state index contributed by atoms with van der Waals surface area (Å²) in [5, 5.41) is 17.7. The molecule has 3 heteroatoms. The Morgan fingerprint density at radius 3 is 2.25 bits per heavy atom. The number of aliphatic carboxylic acids is 1. The van der Waals surface area contributed by atoms with Crippen molar-refractivity contribution in [2.24, 2.45) is 0 Å². The van der Waals surface area contributed by atoms with Crippen LogP contribution in [0.1, 0.15) is 20.8 Å². The van der Waals surface area contributed by atoms with Gasteiger partial charge in [-0.3, -0.25) is 0 Å². The van der Waals surface area contributed by atoms with Crippen LogP contribution in [0.25, 0.3) is 0 Å². The van der Waals surface area contributed by atoms with Gasteiger partial charge >= 0.3 is 5.97 Å². The summed E-state index contributed by atoms with van der Waals surface area (Å²) in [5.74, 6) is -0.949. The first-order valence-corrected chi connectivity index (χ1v) is 3.65. The molecule has 3 nitrogen and oxygen atoms in total. The van der Waals surface area contributed by atoms with E-state index in [0.717, 1.165) is 0 Å². The lowest BCUT2D eigenvalue weighted by Gasteiger charge is -2.08. The van der Waals surface area contributed by atoms with Gasteiger partial charge in [0, 0.05) is 5.57 Å². The Kier molecular flexibility index (Phi) is 3.70. The Balaban J connectivity index is 4.23. The molecular formula is C9H14O3. The zero-order valence-electron chi connectivity index (χ0n) is 7.53. The molecule has 12 heavy (non-hydrogen) atoms. The molecule has 0 aromatic heterocycles. The molecule has 0 aromatic rings. The second-order valence-electron chi connectivity index (χ2n) is 3.17. The first-order valence-electron chi connectivity index (χ1n) is 3.65. The molecule has 0 amide bonds. The minimum Gasteiger partial charge on any atom is -0.478 e. The monoisotopic (exact) mass is 170 g/mol. The van der Waals surface area contributed by atoms with E-state index in [1.807, 2.05) is 0 Å². The fourth-order valence-corrected chi connectivity index (χ4v) is 0.499. The van der Waals surface area contributed by atoms with E-state index in [1.165, 1.54) is 25.2 Å². The van der Waals surface area contributed by atoms with Crippen LogP contribution in [0.3, 0.4) is 0 Å². The summed E-state index contributed by atoms with van der Waals surface area (Å²) in [5.41, 5.74) is -0.648. The average Bonchev–Trinajstić information content (AvgIpc) is 1.84. The van der Waals surface area contributed by atoms with Crippen LogP contribution in [-0.4, -0.2) is 21.8 Å². The molecule has 0 fully saturated rings. The molecule has 0 unspecified atom stereocenters. The smallest absolute Gasteiger partial charge is 0.331 e. The molecule has 0 saturated heterocycles. The number of rotatable bonds is 3. The topological polar surface area (TPSA) is 57.5 Å². The molecule has 0 aliphatic carbocycles. The van der Waals surface area contributed by atoms with E-state index >= 15 is 0 Å². The van der Waals surface area contributed by atoms with Crippen LogP contribution in [0.4, 0.5) is 0 Å². The molecule has 0 radical (unpaired) electrons. The molecule has 0 atom stereocenters. The van der Waals surface area contributed by atoms with Gasteiger partial charge in [-0.25, -0.2) is 4.79 Å². The number of carboxylic acid groups (broad SMARTS) is 1. The molecule has 0 aliphatic rings. The third-order valence-corrected chi connectivity index (χ3v) is 1.19. The van der Waals surface area contributed by atoms with Gasteiger partial charge in [-0.1, -0.05) is 18.2 Å². The van der Waals surface area contributed by atoms with Crippen LogP contribution in [0.15, 0.2) is 23.8 Å². The first kappa shape index (κ1) is 10.9. The van der Waals surface area contributed by atoms with E-state index in [-0.39, 0.29) is 5.57 Å². The molecule has 0 saturated carbocycles. The fourth-order valence-electron chi connectivity index (χ4n) is 0.499. The number of hydrogen-bond acceptors (Lipinski definition) is 2. The molecule has 0 spiro atoms. The van der Waals surface area contributed by atoms with Crippen molar-refractivity contribution in [1.82, 2.24) is 0 Å². The second-order valence-corrected chi connectivity index (χ2v) is 3.17. The highest BCUT2D eigenvalue weighted by molar-refractivity contribution is 5.86. The third kappa shape index (κ3) is 5.68. The number of hydrogen-bond donors (Lipinski definition) is 2. The minimum atomic E-state index is -0.949. The highest BCUT2D eigenvalue weighted by Gasteiger charge is 2.04. The van der Waals surface area contributed by atoms with Gasteiger partial charge in [-0.15, -0.1) is 0 Å². The lowest BCUT2D eigenvalue weighted by molar-refractivity contribution is -0.132. The van der Waals surface area contributed by atoms with E-state index in [2.05, 4.69) is 0 Å². The van der Waals surface area contributed by atoms with E-state index in [1.54, 1.807) is 13.8 Å². The molecular weight excluding hydrogens is 156 g/mol. The lowest BCUT2D eigenvalue weighted by Crippen LogP contribution is -2.13. The van der Waals surface area contributed by atoms with Crippen molar-refractivity contribution < 1.29 is 15.0 Å². The van der Waals surface area contributed by atoms with Crippen LogP contribution in [0.5, 0.6) is 0 Å². The van der Waals surface area contributed by atoms with Gasteiger partial charge < -0.3 is 10.2 Å². The molecule has 2 N–H and O–H groups in total. The quantitative estimate of drug-likeness (QED) is 0.496.